The van der Waals surface area contributed by atoms with Gasteiger partial charge in [-0.1, -0.05) is 11.6 Å². The van der Waals surface area contributed by atoms with E-state index in [2.05, 4.69) is 0 Å². The SMILES string of the molecule is CC(C(=O)O)N(C(=O)c1cn(C2CC2)c2cc(Cl)c(F)cc2c1=O)C1CC1. The number of hydrogen-bond acceptors (Lipinski definition) is 3. The van der Waals surface area contributed by atoms with Gasteiger partial charge in [-0.25, -0.2) is 9.18 Å². The van der Waals surface area contributed by atoms with E-state index < -0.39 is 29.2 Å². The molecular formula is C19H18ClFN2O4. The Balaban J connectivity index is 1.89. The molecule has 0 radical (unpaired) electrons. The van der Waals surface area contributed by atoms with Crippen molar-refractivity contribution in [1.29, 1.82) is 0 Å². The van der Waals surface area contributed by atoms with Crippen LogP contribution in [-0.2, 0) is 4.79 Å². The number of benzene rings is 1. The highest BCUT2D eigenvalue weighted by Gasteiger charge is 2.40. The van der Waals surface area contributed by atoms with Gasteiger partial charge in [-0.15, -0.1) is 0 Å². The highest BCUT2D eigenvalue weighted by Crippen LogP contribution is 2.38. The molecule has 1 atom stereocenters. The number of aromatic nitrogens is 1. The standard InChI is InChI=1S/C19H18ClFN2O4/c1-9(19(26)27)23(11-4-5-11)18(25)13-8-22(10-2-3-10)16-7-14(20)15(21)6-12(16)17(13)24/h6-11H,2-5H2,1H3,(H,26,27). The highest BCUT2D eigenvalue weighted by molar-refractivity contribution is 6.31. The van der Waals surface area contributed by atoms with E-state index in [0.717, 1.165) is 18.9 Å². The molecule has 1 unspecified atom stereocenters. The molecule has 0 spiro atoms. The van der Waals surface area contributed by atoms with Crippen LogP contribution in [0.25, 0.3) is 10.9 Å². The van der Waals surface area contributed by atoms with Gasteiger partial charge in [-0.05, 0) is 44.7 Å². The molecule has 1 aromatic carbocycles. The van der Waals surface area contributed by atoms with Gasteiger partial charge < -0.3 is 14.6 Å². The van der Waals surface area contributed by atoms with Crippen LogP contribution in [0.2, 0.25) is 5.02 Å². The van der Waals surface area contributed by atoms with E-state index in [1.165, 1.54) is 24.1 Å². The molecule has 1 heterocycles. The van der Waals surface area contributed by atoms with Crippen LogP contribution in [0.3, 0.4) is 0 Å². The summed E-state index contributed by atoms with van der Waals surface area (Å²) in [7, 11) is 0. The van der Waals surface area contributed by atoms with Crippen molar-refractivity contribution in [3.05, 3.63) is 45.0 Å². The molecule has 8 heteroatoms. The van der Waals surface area contributed by atoms with E-state index in [4.69, 9.17) is 11.6 Å². The second kappa shape index (κ2) is 6.34. The summed E-state index contributed by atoms with van der Waals surface area (Å²) in [5.74, 6) is -2.48. The van der Waals surface area contributed by atoms with Crippen molar-refractivity contribution in [2.45, 2.75) is 50.7 Å². The van der Waals surface area contributed by atoms with E-state index in [1.807, 2.05) is 0 Å². The normalized spacial score (nSPS) is 17.7. The number of pyridine rings is 1. The number of carboxylic acids is 1. The first-order valence-electron chi connectivity index (χ1n) is 8.89. The van der Waals surface area contributed by atoms with E-state index in [-0.39, 0.29) is 28.1 Å². The number of halogens is 2. The Labute approximate surface area is 159 Å². The number of carboxylic acid groups (broad SMARTS) is 1. The first-order chi connectivity index (χ1) is 12.8. The number of rotatable bonds is 5. The Hall–Kier alpha value is -2.41. The fourth-order valence-electron chi connectivity index (χ4n) is 3.42. The summed E-state index contributed by atoms with van der Waals surface area (Å²) in [6, 6.07) is 1.34. The molecule has 4 rings (SSSR count). The third-order valence-electron chi connectivity index (χ3n) is 5.19. The second-order valence-corrected chi connectivity index (χ2v) is 7.66. The third-order valence-corrected chi connectivity index (χ3v) is 5.48. The number of amides is 1. The number of carbonyl (C=O) groups is 2. The molecule has 1 aromatic heterocycles. The average Bonchev–Trinajstić information content (AvgIpc) is 3.50. The minimum atomic E-state index is -1.13. The van der Waals surface area contributed by atoms with Crippen LogP contribution in [0.15, 0.2) is 23.1 Å². The first-order valence-corrected chi connectivity index (χ1v) is 9.26. The van der Waals surface area contributed by atoms with Gasteiger partial charge in [0.1, 0.15) is 17.4 Å². The molecule has 2 aliphatic carbocycles. The van der Waals surface area contributed by atoms with Crippen molar-refractivity contribution in [2.24, 2.45) is 0 Å². The molecule has 2 saturated carbocycles. The largest absolute Gasteiger partial charge is 0.480 e. The zero-order valence-corrected chi connectivity index (χ0v) is 15.4. The van der Waals surface area contributed by atoms with E-state index in [1.54, 1.807) is 4.57 Å². The van der Waals surface area contributed by atoms with Gasteiger partial charge in [0.2, 0.25) is 5.43 Å². The van der Waals surface area contributed by atoms with Crippen LogP contribution < -0.4 is 5.43 Å². The third kappa shape index (κ3) is 3.10. The zero-order chi connectivity index (χ0) is 19.5. The van der Waals surface area contributed by atoms with Crippen molar-refractivity contribution < 1.29 is 19.1 Å². The maximum atomic E-state index is 14.0. The maximum Gasteiger partial charge on any atom is 0.326 e. The van der Waals surface area contributed by atoms with Crippen LogP contribution in [0, 0.1) is 5.82 Å². The fourth-order valence-corrected chi connectivity index (χ4v) is 3.58. The topological polar surface area (TPSA) is 79.6 Å². The minimum absolute atomic E-state index is 0.0772. The van der Waals surface area contributed by atoms with Gasteiger partial charge in [0, 0.05) is 23.7 Å². The quantitative estimate of drug-likeness (QED) is 0.847. The Morgan fingerprint density at radius 1 is 1.30 bits per heavy atom. The molecule has 0 aliphatic heterocycles. The van der Waals surface area contributed by atoms with Gasteiger partial charge in [0.25, 0.3) is 5.91 Å². The summed E-state index contributed by atoms with van der Waals surface area (Å²) < 4.78 is 15.8. The molecule has 2 aliphatic rings. The summed E-state index contributed by atoms with van der Waals surface area (Å²) in [5, 5.41) is 9.33. The smallest absolute Gasteiger partial charge is 0.326 e. The predicted octanol–water partition coefficient (Wildman–Crippen LogP) is 3.21. The number of nitrogens with zero attached hydrogens (tertiary/aromatic N) is 2. The molecular weight excluding hydrogens is 375 g/mol. The second-order valence-electron chi connectivity index (χ2n) is 7.25. The summed E-state index contributed by atoms with van der Waals surface area (Å²) in [6.07, 6.45) is 4.66. The molecule has 27 heavy (non-hydrogen) atoms. The summed E-state index contributed by atoms with van der Waals surface area (Å²) in [5.41, 5.74) is -0.253. The molecule has 0 saturated heterocycles. The predicted molar refractivity (Wildman–Crippen MR) is 97.7 cm³/mol. The molecule has 2 fully saturated rings. The Morgan fingerprint density at radius 3 is 2.52 bits per heavy atom. The Bertz CT molecular complexity index is 1030. The average molecular weight is 393 g/mol. The lowest BCUT2D eigenvalue weighted by Crippen LogP contribution is -2.46. The molecule has 142 valence electrons. The highest BCUT2D eigenvalue weighted by atomic mass is 35.5. The Kier molecular flexibility index (Phi) is 4.22. The van der Waals surface area contributed by atoms with Crippen LogP contribution in [0.5, 0.6) is 0 Å². The van der Waals surface area contributed by atoms with Crippen LogP contribution >= 0.6 is 11.6 Å². The molecule has 1 amide bonds. The number of fused-ring (bicyclic) bond motifs is 1. The van der Waals surface area contributed by atoms with Crippen LogP contribution in [0.1, 0.15) is 49.0 Å². The van der Waals surface area contributed by atoms with Gasteiger partial charge in [-0.2, -0.15) is 0 Å². The van der Waals surface area contributed by atoms with E-state index >= 15 is 0 Å². The van der Waals surface area contributed by atoms with Crippen LogP contribution in [-0.4, -0.2) is 38.5 Å². The molecule has 2 aromatic rings. The van der Waals surface area contributed by atoms with Gasteiger partial charge >= 0.3 is 5.97 Å². The lowest BCUT2D eigenvalue weighted by Gasteiger charge is -2.26. The number of aliphatic carboxylic acids is 1. The summed E-state index contributed by atoms with van der Waals surface area (Å²) in [4.78, 5) is 38.8. The van der Waals surface area contributed by atoms with Crippen molar-refractivity contribution in [3.63, 3.8) is 0 Å². The number of carbonyl (C=O) groups excluding carboxylic acids is 1. The van der Waals surface area contributed by atoms with Crippen LogP contribution in [0.4, 0.5) is 4.39 Å². The molecule has 6 nitrogen and oxygen atoms in total. The molecule has 1 N–H and O–H groups in total. The monoisotopic (exact) mass is 392 g/mol. The number of hydrogen-bond donors (Lipinski definition) is 1. The van der Waals surface area contributed by atoms with Gasteiger partial charge in [-0.3, -0.25) is 9.59 Å². The minimum Gasteiger partial charge on any atom is -0.480 e. The Morgan fingerprint density at radius 2 is 1.96 bits per heavy atom. The van der Waals surface area contributed by atoms with Crippen molar-refractivity contribution in [1.82, 2.24) is 9.47 Å². The fraction of sp³-hybridized carbons (Fsp3) is 0.421. The van der Waals surface area contributed by atoms with Crippen molar-refractivity contribution >= 4 is 34.4 Å². The zero-order valence-electron chi connectivity index (χ0n) is 14.6. The van der Waals surface area contributed by atoms with E-state index in [0.29, 0.717) is 18.4 Å². The van der Waals surface area contributed by atoms with Gasteiger partial charge in [0.05, 0.1) is 10.5 Å². The molecule has 0 bridgehead atoms. The van der Waals surface area contributed by atoms with Gasteiger partial charge in [0.15, 0.2) is 0 Å². The van der Waals surface area contributed by atoms with Crippen molar-refractivity contribution in [3.8, 4) is 0 Å². The lowest BCUT2D eigenvalue weighted by molar-refractivity contribution is -0.141. The summed E-state index contributed by atoms with van der Waals surface area (Å²) >= 11 is 5.89. The van der Waals surface area contributed by atoms with Crippen molar-refractivity contribution in [2.75, 3.05) is 0 Å². The van der Waals surface area contributed by atoms with E-state index in [9.17, 15) is 23.9 Å². The maximum absolute atomic E-state index is 14.0. The first kappa shape index (κ1) is 18.0. The summed E-state index contributed by atoms with van der Waals surface area (Å²) in [6.45, 7) is 1.43. The lowest BCUT2D eigenvalue weighted by atomic mass is 10.1.